The van der Waals surface area contributed by atoms with Crippen molar-refractivity contribution in [2.24, 2.45) is 5.92 Å². The molecule has 0 bridgehead atoms. The van der Waals surface area contributed by atoms with Gasteiger partial charge >= 0.3 is 0 Å². The quantitative estimate of drug-likeness (QED) is 0.850. The number of carbonyl (C=O) groups is 1. The maximum atomic E-state index is 13.8. The van der Waals surface area contributed by atoms with Gasteiger partial charge in [0, 0.05) is 19.0 Å². The molecular weight excluding hydrogens is 355 g/mol. The first kappa shape index (κ1) is 18.5. The predicted octanol–water partition coefficient (Wildman–Crippen LogP) is 2.59. The number of alkyl halides is 2. The van der Waals surface area contributed by atoms with Gasteiger partial charge in [-0.3, -0.25) is 15.0 Å². The third-order valence-corrected chi connectivity index (χ3v) is 5.33. The zero-order chi connectivity index (χ0) is 18.2. The molecule has 2 heterocycles. The molecule has 3 unspecified atom stereocenters. The minimum Gasteiger partial charge on any atom is -0.354 e. The third-order valence-electron chi connectivity index (χ3n) is 5.02. The Balaban J connectivity index is 1.63. The predicted molar refractivity (Wildman–Crippen MR) is 89.3 cm³/mol. The lowest BCUT2D eigenvalue weighted by Gasteiger charge is -2.26. The van der Waals surface area contributed by atoms with Gasteiger partial charge in [0.05, 0.1) is 17.6 Å². The lowest BCUT2D eigenvalue weighted by Crippen LogP contribution is -2.42. The molecule has 1 aromatic rings. The summed E-state index contributed by atoms with van der Waals surface area (Å²) in [6.45, 7) is 0.709. The summed E-state index contributed by atoms with van der Waals surface area (Å²) in [6, 6.07) is 3.82. The summed E-state index contributed by atoms with van der Waals surface area (Å²) in [7, 11) is 1.94. The van der Waals surface area contributed by atoms with E-state index in [4.69, 9.17) is 11.6 Å². The Labute approximate surface area is 149 Å². The summed E-state index contributed by atoms with van der Waals surface area (Å²) in [6.07, 6.45) is 0.356. The molecule has 3 rings (SSSR count). The van der Waals surface area contributed by atoms with E-state index in [1.54, 1.807) is 6.07 Å². The fourth-order valence-corrected chi connectivity index (χ4v) is 3.84. The summed E-state index contributed by atoms with van der Waals surface area (Å²) in [4.78, 5) is 14.2. The Morgan fingerprint density at radius 1 is 1.48 bits per heavy atom. The molecule has 25 heavy (non-hydrogen) atoms. The van der Waals surface area contributed by atoms with Crippen LogP contribution < -0.4 is 10.6 Å². The van der Waals surface area contributed by atoms with Crippen LogP contribution in [0.1, 0.15) is 24.4 Å². The summed E-state index contributed by atoms with van der Waals surface area (Å²) < 4.78 is 40.2. The summed E-state index contributed by atoms with van der Waals surface area (Å²) in [5.41, 5.74) is 0.798. The van der Waals surface area contributed by atoms with E-state index in [9.17, 15) is 18.0 Å². The lowest BCUT2D eigenvalue weighted by molar-refractivity contribution is -0.123. The Kier molecular flexibility index (Phi) is 5.27. The van der Waals surface area contributed by atoms with Crippen molar-refractivity contribution >= 4 is 17.5 Å². The van der Waals surface area contributed by atoms with Crippen LogP contribution in [0.2, 0.25) is 5.02 Å². The second kappa shape index (κ2) is 7.13. The summed E-state index contributed by atoms with van der Waals surface area (Å²) in [5.74, 6) is -3.64. The van der Waals surface area contributed by atoms with Crippen LogP contribution in [0.15, 0.2) is 18.2 Å². The highest BCUT2D eigenvalue weighted by molar-refractivity contribution is 6.30. The van der Waals surface area contributed by atoms with Gasteiger partial charge in [0.15, 0.2) is 0 Å². The molecule has 0 aliphatic carbocycles. The normalized spacial score (nSPS) is 29.1. The number of carbonyl (C=O) groups excluding carboxylic acids is 1. The molecule has 138 valence electrons. The molecule has 0 aromatic heterocycles. The Morgan fingerprint density at radius 3 is 2.88 bits per heavy atom. The molecule has 0 spiro atoms. The number of amides is 1. The van der Waals surface area contributed by atoms with Crippen molar-refractivity contribution in [3.05, 3.63) is 34.6 Å². The molecule has 0 saturated carbocycles. The average Bonchev–Trinajstić information content (AvgIpc) is 3.10. The van der Waals surface area contributed by atoms with E-state index >= 15 is 0 Å². The molecule has 2 N–H and O–H groups in total. The Hall–Kier alpha value is -1.31. The number of likely N-dealkylation sites (tertiary alicyclic amines) is 1. The number of rotatable bonds is 4. The molecule has 8 heteroatoms. The summed E-state index contributed by atoms with van der Waals surface area (Å²) in [5, 5.41) is 5.39. The Bertz CT molecular complexity index is 658. The van der Waals surface area contributed by atoms with Crippen molar-refractivity contribution in [1.29, 1.82) is 0 Å². The van der Waals surface area contributed by atoms with Gasteiger partial charge in [-0.15, -0.1) is 0 Å². The van der Waals surface area contributed by atoms with Crippen LogP contribution in [-0.2, 0) is 4.79 Å². The molecule has 2 saturated heterocycles. The van der Waals surface area contributed by atoms with E-state index < -0.39 is 36.7 Å². The first-order valence-corrected chi connectivity index (χ1v) is 8.69. The molecule has 4 nitrogen and oxygen atoms in total. The molecule has 3 atom stereocenters. The molecular formula is C17H21ClF3N3O. The van der Waals surface area contributed by atoms with Gasteiger partial charge in [-0.25, -0.2) is 13.2 Å². The number of hydrogen-bond donors (Lipinski definition) is 2. The molecule has 1 aromatic carbocycles. The largest absolute Gasteiger partial charge is 0.354 e. The van der Waals surface area contributed by atoms with Crippen molar-refractivity contribution in [3.8, 4) is 0 Å². The van der Waals surface area contributed by atoms with Crippen LogP contribution in [0.3, 0.4) is 0 Å². The highest BCUT2D eigenvalue weighted by Crippen LogP contribution is 2.36. The maximum Gasteiger partial charge on any atom is 0.262 e. The van der Waals surface area contributed by atoms with E-state index in [0.29, 0.717) is 6.54 Å². The highest BCUT2D eigenvalue weighted by atomic mass is 35.5. The highest BCUT2D eigenvalue weighted by Gasteiger charge is 2.42. The molecule has 2 fully saturated rings. The van der Waals surface area contributed by atoms with Gasteiger partial charge in [-0.05, 0) is 43.6 Å². The van der Waals surface area contributed by atoms with Gasteiger partial charge in [-0.2, -0.15) is 0 Å². The van der Waals surface area contributed by atoms with Crippen LogP contribution in [-0.4, -0.2) is 49.5 Å². The lowest BCUT2D eigenvalue weighted by atomic mass is 9.93. The second-order valence-electron chi connectivity index (χ2n) is 6.89. The number of nitrogens with one attached hydrogen (secondary N) is 2. The molecule has 1 amide bonds. The van der Waals surface area contributed by atoms with E-state index in [1.807, 2.05) is 7.05 Å². The van der Waals surface area contributed by atoms with Gasteiger partial charge in [0.2, 0.25) is 5.91 Å². The monoisotopic (exact) mass is 375 g/mol. The number of hydrogen-bond acceptors (Lipinski definition) is 3. The minimum absolute atomic E-state index is 0.0509. The van der Waals surface area contributed by atoms with E-state index in [1.165, 1.54) is 12.1 Å². The first-order chi connectivity index (χ1) is 11.8. The van der Waals surface area contributed by atoms with E-state index in [-0.39, 0.29) is 17.0 Å². The van der Waals surface area contributed by atoms with Crippen molar-refractivity contribution in [3.63, 3.8) is 0 Å². The fourth-order valence-electron chi connectivity index (χ4n) is 3.72. The Morgan fingerprint density at radius 2 is 2.24 bits per heavy atom. The van der Waals surface area contributed by atoms with Crippen LogP contribution >= 0.6 is 11.6 Å². The molecule has 2 aliphatic heterocycles. The van der Waals surface area contributed by atoms with Gasteiger partial charge < -0.3 is 5.32 Å². The van der Waals surface area contributed by atoms with E-state index in [2.05, 4.69) is 15.5 Å². The zero-order valence-corrected chi connectivity index (χ0v) is 14.6. The van der Waals surface area contributed by atoms with Crippen LogP contribution in [0.25, 0.3) is 0 Å². The van der Waals surface area contributed by atoms with Crippen molar-refractivity contribution in [1.82, 2.24) is 15.5 Å². The van der Waals surface area contributed by atoms with Crippen LogP contribution in [0.4, 0.5) is 13.2 Å². The van der Waals surface area contributed by atoms with Crippen LogP contribution in [0.5, 0.6) is 0 Å². The number of benzene rings is 1. The van der Waals surface area contributed by atoms with Crippen LogP contribution in [0, 0.1) is 11.7 Å². The van der Waals surface area contributed by atoms with Gasteiger partial charge in [-0.1, -0.05) is 17.7 Å². The topological polar surface area (TPSA) is 44.4 Å². The second-order valence-corrected chi connectivity index (χ2v) is 7.29. The van der Waals surface area contributed by atoms with E-state index in [0.717, 1.165) is 18.5 Å². The standard InChI is InChI=1S/C17H21ClF3N3O/c1-24-5-4-11(15(24)10-2-3-12(18)13(19)6-10)8-22-16(25)14-7-17(20,21)9-23-14/h2-3,6,11,14-15,23H,4-5,7-9H2,1H3,(H,22,25). The molecule has 0 radical (unpaired) electrons. The fraction of sp³-hybridized carbons (Fsp3) is 0.588. The number of halogens is 4. The third kappa shape index (κ3) is 4.10. The van der Waals surface area contributed by atoms with Crippen molar-refractivity contribution in [2.45, 2.75) is 30.8 Å². The first-order valence-electron chi connectivity index (χ1n) is 8.31. The maximum absolute atomic E-state index is 13.8. The SMILES string of the molecule is CN1CCC(CNC(=O)C2CC(F)(F)CN2)C1c1ccc(Cl)c(F)c1. The average molecular weight is 376 g/mol. The number of nitrogens with zero attached hydrogens (tertiary/aromatic N) is 1. The molecule has 2 aliphatic rings. The van der Waals surface area contributed by atoms with Gasteiger partial charge in [0.1, 0.15) is 5.82 Å². The zero-order valence-electron chi connectivity index (χ0n) is 13.9. The summed E-state index contributed by atoms with van der Waals surface area (Å²) >= 11 is 5.74. The van der Waals surface area contributed by atoms with Gasteiger partial charge in [0.25, 0.3) is 5.92 Å². The van der Waals surface area contributed by atoms with Crippen molar-refractivity contribution < 1.29 is 18.0 Å². The minimum atomic E-state index is -2.83. The van der Waals surface area contributed by atoms with Crippen molar-refractivity contribution in [2.75, 3.05) is 26.7 Å². The smallest absolute Gasteiger partial charge is 0.262 e.